The van der Waals surface area contributed by atoms with Gasteiger partial charge in [-0.05, 0) is 72.8 Å². The SMILES string of the molecule is F[P-](F)(F)(F)(F)F.F[P-](F)(F)(F)(F)F.O=C1C(=O)c2cccnc2-c2ncccc21.O=C1C(=O)c2cccnc2-c2ncccc21.O=C1C(=O)c2cccnc2-c2ncccc21.[Ru+2]. The maximum absolute atomic E-state index is 11.8. The average Bonchev–Trinajstić information content (AvgIpc) is 3.19. The van der Waals surface area contributed by atoms with Crippen molar-refractivity contribution in [1.82, 2.24) is 29.9 Å². The van der Waals surface area contributed by atoms with Crippen LogP contribution in [0.3, 0.4) is 0 Å². The van der Waals surface area contributed by atoms with Crippen molar-refractivity contribution in [3.05, 3.63) is 143 Å². The molecular weight excluding hydrogens is 1000 g/mol. The topological polar surface area (TPSA) is 180 Å². The Bertz CT molecular complexity index is 2410. The third-order valence-electron chi connectivity index (χ3n) is 7.61. The molecule has 6 heterocycles. The van der Waals surface area contributed by atoms with Gasteiger partial charge in [-0.1, -0.05) is 0 Å². The van der Waals surface area contributed by atoms with Crippen LogP contribution in [-0.2, 0) is 19.5 Å². The van der Waals surface area contributed by atoms with Gasteiger partial charge in [-0.15, -0.1) is 0 Å². The summed E-state index contributed by atoms with van der Waals surface area (Å²) in [6.07, 6.45) is 9.50. The largest absolute Gasteiger partial charge is 2.00 e. The van der Waals surface area contributed by atoms with E-state index in [4.69, 9.17) is 0 Å². The molecule has 0 radical (unpaired) electrons. The van der Waals surface area contributed by atoms with E-state index in [9.17, 15) is 79.1 Å². The van der Waals surface area contributed by atoms with Crippen LogP contribution in [-0.4, -0.2) is 64.6 Å². The second-order valence-corrected chi connectivity index (χ2v) is 16.1. The Hall–Kier alpha value is -6.44. The van der Waals surface area contributed by atoms with Crippen LogP contribution >= 0.6 is 15.6 Å². The summed E-state index contributed by atoms with van der Waals surface area (Å²) in [7, 11) is -21.3. The van der Waals surface area contributed by atoms with E-state index in [1.165, 1.54) is 0 Å². The predicted octanol–water partition coefficient (Wildman–Crippen LogP) is 11.3. The van der Waals surface area contributed by atoms with E-state index in [-0.39, 0.29) is 19.5 Å². The molecule has 0 saturated heterocycles. The maximum atomic E-state index is 11.8. The van der Waals surface area contributed by atoms with Gasteiger partial charge in [0.15, 0.2) is 0 Å². The number of aromatic nitrogens is 6. The number of pyridine rings is 6. The number of hydrogen-bond donors (Lipinski definition) is 0. The van der Waals surface area contributed by atoms with Crippen LogP contribution in [0.1, 0.15) is 62.1 Å². The standard InChI is InChI=1S/3C12H6N2O2.2F6P.Ru/c3*15-11-7-3-1-5-13-9(7)10-8(12(11)16)4-2-6-14-10;2*1-7(2,3,4,5)6;/h3*1-6H;;;/q;;;2*-1;+2. The van der Waals surface area contributed by atoms with Crippen LogP contribution in [0.15, 0.2) is 110 Å². The van der Waals surface area contributed by atoms with Crippen molar-refractivity contribution >= 4 is 50.3 Å². The number of ketones is 6. The summed E-state index contributed by atoms with van der Waals surface area (Å²) in [5.41, 5.74) is 4.92. The molecule has 0 spiro atoms. The molecule has 6 aromatic rings. The van der Waals surface area contributed by atoms with Crippen molar-refractivity contribution in [3.8, 4) is 34.2 Å². The smallest absolute Gasteiger partial charge is 0.285 e. The van der Waals surface area contributed by atoms with Crippen LogP contribution in [0.4, 0.5) is 50.4 Å². The average molecular weight is 1020 g/mol. The first kappa shape index (κ1) is 49.2. The van der Waals surface area contributed by atoms with E-state index >= 15 is 0 Å². The number of nitrogens with zero attached hydrogens (tertiary/aromatic N) is 6. The quantitative estimate of drug-likeness (QED) is 0.0609. The summed E-state index contributed by atoms with van der Waals surface area (Å²) >= 11 is 0. The first-order chi connectivity index (χ1) is 28.3. The number of Topliss-reactive ketones (excluding diaryl/α,β-unsaturated/α-hetero) is 6. The predicted molar refractivity (Wildman–Crippen MR) is 196 cm³/mol. The van der Waals surface area contributed by atoms with E-state index in [0.717, 1.165) is 0 Å². The third-order valence-corrected chi connectivity index (χ3v) is 7.61. The molecule has 0 atom stereocenters. The van der Waals surface area contributed by atoms with Gasteiger partial charge in [0.05, 0.1) is 33.4 Å². The van der Waals surface area contributed by atoms with E-state index in [1.807, 2.05) is 0 Å². The molecule has 0 amide bonds. The van der Waals surface area contributed by atoms with E-state index in [1.54, 1.807) is 110 Å². The summed E-state index contributed by atoms with van der Waals surface area (Å²) in [6, 6.07) is 19.4. The second kappa shape index (κ2) is 16.0. The van der Waals surface area contributed by atoms with Crippen molar-refractivity contribution < 1.29 is 98.6 Å². The molecule has 0 N–H and O–H groups in total. The van der Waals surface area contributed by atoms with E-state index in [2.05, 4.69) is 29.9 Å². The van der Waals surface area contributed by atoms with Gasteiger partial charge in [0, 0.05) is 37.2 Å². The zero-order chi connectivity index (χ0) is 46.2. The van der Waals surface area contributed by atoms with Gasteiger partial charge in [0.2, 0.25) is 34.7 Å². The number of rotatable bonds is 0. The molecule has 0 bridgehead atoms. The fraction of sp³-hybridized carbons (Fsp3) is 0. The monoisotopic (exact) mass is 1020 g/mol. The normalized spacial score (nSPS) is 15.2. The molecule has 0 unspecified atom stereocenters. The van der Waals surface area contributed by atoms with Gasteiger partial charge in [-0.3, -0.25) is 58.7 Å². The summed E-state index contributed by atoms with van der Waals surface area (Å²) in [5, 5.41) is 0. The first-order valence-corrected chi connectivity index (χ1v) is 20.4. The van der Waals surface area contributed by atoms with Gasteiger partial charge in [0.1, 0.15) is 34.2 Å². The van der Waals surface area contributed by atoms with Crippen LogP contribution in [0.5, 0.6) is 0 Å². The van der Waals surface area contributed by atoms with Crippen molar-refractivity contribution in [2.24, 2.45) is 0 Å². The molecule has 12 nitrogen and oxygen atoms in total. The Morgan fingerprint density at radius 3 is 0.492 bits per heavy atom. The van der Waals surface area contributed by atoms with Crippen LogP contribution in [0.25, 0.3) is 34.2 Å². The van der Waals surface area contributed by atoms with Crippen molar-refractivity contribution in [3.63, 3.8) is 0 Å². The Balaban J connectivity index is 0.000000180. The van der Waals surface area contributed by atoms with Crippen molar-refractivity contribution in [2.45, 2.75) is 0 Å². The van der Waals surface area contributed by atoms with E-state index < -0.39 is 50.3 Å². The Labute approximate surface area is 355 Å². The summed E-state index contributed by atoms with van der Waals surface area (Å²) in [5.74, 6) is -3.06. The molecule has 63 heavy (non-hydrogen) atoms. The summed E-state index contributed by atoms with van der Waals surface area (Å²) in [4.78, 5) is 95.2. The Morgan fingerprint density at radius 1 is 0.270 bits per heavy atom. The van der Waals surface area contributed by atoms with Gasteiger partial charge in [-0.2, -0.15) is 0 Å². The van der Waals surface area contributed by atoms with Crippen LogP contribution in [0, 0.1) is 0 Å². The molecule has 0 aliphatic heterocycles. The van der Waals surface area contributed by atoms with Crippen molar-refractivity contribution in [2.75, 3.05) is 0 Å². The zero-order valence-corrected chi connectivity index (χ0v) is 33.8. The van der Waals surface area contributed by atoms with Crippen LogP contribution in [0.2, 0.25) is 0 Å². The number of hydrogen-bond acceptors (Lipinski definition) is 12. The molecule has 330 valence electrons. The molecule has 6 aromatic heterocycles. The summed E-state index contributed by atoms with van der Waals surface area (Å²) < 4.78 is 118. The van der Waals surface area contributed by atoms with Gasteiger partial charge in [0.25, 0.3) is 0 Å². The molecule has 27 heteroatoms. The first-order valence-electron chi connectivity index (χ1n) is 16.4. The van der Waals surface area contributed by atoms with Crippen LogP contribution < -0.4 is 0 Å². The van der Waals surface area contributed by atoms with Gasteiger partial charge in [-0.25, -0.2) is 0 Å². The van der Waals surface area contributed by atoms with Gasteiger partial charge < -0.3 is 0 Å². The molecule has 0 fully saturated rings. The molecular formula is C36H18F12N6O6P2Ru. The number of halogens is 12. The summed E-state index contributed by atoms with van der Waals surface area (Å²) in [6.45, 7) is 0. The van der Waals surface area contributed by atoms with Crippen molar-refractivity contribution in [1.29, 1.82) is 0 Å². The Morgan fingerprint density at radius 2 is 0.381 bits per heavy atom. The fourth-order valence-corrected chi connectivity index (χ4v) is 5.40. The number of fused-ring (bicyclic) bond motifs is 9. The minimum Gasteiger partial charge on any atom is -0.285 e. The number of carbonyl (C=O) groups is 6. The zero-order valence-electron chi connectivity index (χ0n) is 30.3. The third kappa shape index (κ3) is 13.8. The maximum Gasteiger partial charge on any atom is 2.00 e. The second-order valence-electron chi connectivity index (χ2n) is 12.3. The fourth-order valence-electron chi connectivity index (χ4n) is 5.40. The van der Waals surface area contributed by atoms with Gasteiger partial charge >= 0.3 is 85.5 Å². The molecule has 3 aliphatic rings. The molecule has 3 aliphatic carbocycles. The Kier molecular flexibility index (Phi) is 12.5. The molecule has 0 saturated carbocycles. The van der Waals surface area contributed by atoms with E-state index in [0.29, 0.717) is 67.5 Å². The minimum absolute atomic E-state index is 0. The molecule has 0 aromatic carbocycles. The number of carbonyl (C=O) groups excluding carboxylic acids is 6. The minimum atomic E-state index is -10.7. The molecule has 9 rings (SSSR count).